The molecular formula is C30H42N8O5. The Balaban J connectivity index is 1.55. The summed E-state index contributed by atoms with van der Waals surface area (Å²) >= 11 is 0. The zero-order chi connectivity index (χ0) is 31.0. The minimum absolute atomic E-state index is 0.143. The highest BCUT2D eigenvalue weighted by Gasteiger charge is 2.37. The number of methoxy groups -OCH3 is 2. The number of β-amino-alcohol motifs (C(OH)–C–C–N with tert-alkyl or cyclic N) is 1. The number of pyridine rings is 1. The van der Waals surface area contributed by atoms with Gasteiger partial charge in [0, 0.05) is 76.8 Å². The number of ether oxygens (including phenoxy) is 2. The van der Waals surface area contributed by atoms with E-state index in [2.05, 4.69) is 42.7 Å². The molecule has 2 amide bonds. The molecular weight excluding hydrogens is 552 g/mol. The summed E-state index contributed by atoms with van der Waals surface area (Å²) in [6.45, 7) is 2.42. The van der Waals surface area contributed by atoms with Crippen molar-refractivity contribution < 1.29 is 24.2 Å². The van der Waals surface area contributed by atoms with Gasteiger partial charge in [-0.25, -0.2) is 9.97 Å². The first-order chi connectivity index (χ1) is 20.8. The molecule has 1 aliphatic heterocycles. The van der Waals surface area contributed by atoms with E-state index in [0.717, 1.165) is 12.1 Å². The summed E-state index contributed by atoms with van der Waals surface area (Å²) in [6.07, 6.45) is 7.93. The summed E-state index contributed by atoms with van der Waals surface area (Å²) < 4.78 is 10.3. The third-order valence-electron chi connectivity index (χ3n) is 6.40. The number of aromatic nitrogens is 3. The number of amides is 2. The van der Waals surface area contributed by atoms with Crippen molar-refractivity contribution in [1.82, 2.24) is 30.1 Å². The van der Waals surface area contributed by atoms with Crippen LogP contribution in [0.2, 0.25) is 0 Å². The standard InChI is InChI=1S/C30H42N8O5/c1-37(2)16-8-11-27(40)38-21-24(39)19-25(38)29(41)33-13-7-5-6-10-22-20-34-30(36-28(22)32-14-9-17-42-3)35-23-12-15-31-26(18-23)43-4/h8,11-12,15,18,20,24-25,39H,5,7,9,13-14,16-17,19,21H2,1-4H3,(H,33,41)(H2,31,32,34,35,36)/t24-,25-/m0/s1. The number of aliphatic hydroxyl groups excluding tert-OH is 1. The molecule has 0 aliphatic carbocycles. The Kier molecular flexibility index (Phi) is 13.6. The smallest absolute Gasteiger partial charge is 0.247 e. The van der Waals surface area contributed by atoms with Crippen LogP contribution < -0.4 is 20.7 Å². The number of nitrogens with zero attached hydrogens (tertiary/aromatic N) is 5. The maximum atomic E-state index is 12.8. The monoisotopic (exact) mass is 594 g/mol. The number of hydrogen-bond acceptors (Lipinski definition) is 11. The molecule has 2 aromatic heterocycles. The lowest BCUT2D eigenvalue weighted by Gasteiger charge is -2.22. The quantitative estimate of drug-likeness (QED) is 0.134. The van der Waals surface area contributed by atoms with Crippen LogP contribution in [0, 0.1) is 11.8 Å². The van der Waals surface area contributed by atoms with Gasteiger partial charge in [0.15, 0.2) is 0 Å². The first-order valence-corrected chi connectivity index (χ1v) is 14.2. The molecule has 2 atom stereocenters. The number of likely N-dealkylation sites (N-methyl/N-ethyl adjacent to an activating group) is 1. The molecule has 13 nitrogen and oxygen atoms in total. The number of likely N-dealkylation sites (tertiary alicyclic amines) is 1. The van der Waals surface area contributed by atoms with Gasteiger partial charge in [-0.2, -0.15) is 4.98 Å². The minimum atomic E-state index is -0.721. The van der Waals surface area contributed by atoms with Crippen LogP contribution in [0.1, 0.15) is 31.2 Å². The predicted molar refractivity (Wildman–Crippen MR) is 164 cm³/mol. The number of nitrogens with one attached hydrogen (secondary N) is 3. The van der Waals surface area contributed by atoms with Gasteiger partial charge in [0.25, 0.3) is 0 Å². The molecule has 0 saturated carbocycles. The minimum Gasteiger partial charge on any atom is -0.481 e. The largest absolute Gasteiger partial charge is 0.481 e. The van der Waals surface area contributed by atoms with E-state index in [0.29, 0.717) is 62.3 Å². The van der Waals surface area contributed by atoms with Crippen molar-refractivity contribution in [3.63, 3.8) is 0 Å². The Morgan fingerprint density at radius 2 is 2.07 bits per heavy atom. The Bertz CT molecular complexity index is 1290. The van der Waals surface area contributed by atoms with E-state index in [9.17, 15) is 14.7 Å². The lowest BCUT2D eigenvalue weighted by Crippen LogP contribution is -2.45. The fourth-order valence-electron chi connectivity index (χ4n) is 4.25. The van der Waals surface area contributed by atoms with E-state index in [1.54, 1.807) is 44.8 Å². The molecule has 3 rings (SSSR count). The van der Waals surface area contributed by atoms with Gasteiger partial charge in [0.1, 0.15) is 11.9 Å². The fraction of sp³-hybridized carbons (Fsp3) is 0.500. The molecule has 1 saturated heterocycles. The van der Waals surface area contributed by atoms with Gasteiger partial charge in [-0.3, -0.25) is 9.59 Å². The second-order valence-electron chi connectivity index (χ2n) is 10.2. The average Bonchev–Trinajstić information content (AvgIpc) is 3.39. The second-order valence-corrected chi connectivity index (χ2v) is 10.2. The number of anilines is 3. The van der Waals surface area contributed by atoms with Gasteiger partial charge in [0.2, 0.25) is 23.6 Å². The molecule has 4 N–H and O–H groups in total. The van der Waals surface area contributed by atoms with Gasteiger partial charge in [-0.1, -0.05) is 17.9 Å². The van der Waals surface area contributed by atoms with Crippen LogP contribution in [0.15, 0.2) is 36.7 Å². The average molecular weight is 595 g/mol. The van der Waals surface area contributed by atoms with Crippen LogP contribution in [0.25, 0.3) is 0 Å². The maximum absolute atomic E-state index is 12.8. The first kappa shape index (κ1) is 33.3. The summed E-state index contributed by atoms with van der Waals surface area (Å²) in [7, 11) is 7.02. The van der Waals surface area contributed by atoms with E-state index in [-0.39, 0.29) is 24.8 Å². The van der Waals surface area contributed by atoms with Crippen molar-refractivity contribution in [3.8, 4) is 17.7 Å². The lowest BCUT2D eigenvalue weighted by molar-refractivity contribution is -0.135. The SMILES string of the molecule is COCCCNc1nc(Nc2ccnc(OC)c2)ncc1C#CCCCNC(=O)[C@@H]1C[C@H](O)CN1C(=O)C=CCN(C)C. The second kappa shape index (κ2) is 17.6. The van der Waals surface area contributed by atoms with E-state index in [4.69, 9.17) is 9.47 Å². The highest BCUT2D eigenvalue weighted by Crippen LogP contribution is 2.20. The molecule has 43 heavy (non-hydrogen) atoms. The topological polar surface area (TPSA) is 154 Å². The van der Waals surface area contributed by atoms with Crippen LogP contribution >= 0.6 is 0 Å². The van der Waals surface area contributed by atoms with Crippen LogP contribution in [0.5, 0.6) is 5.88 Å². The predicted octanol–water partition coefficient (Wildman–Crippen LogP) is 1.40. The molecule has 232 valence electrons. The molecule has 0 radical (unpaired) electrons. The zero-order valence-electron chi connectivity index (χ0n) is 25.3. The Labute approximate surface area is 253 Å². The van der Waals surface area contributed by atoms with Gasteiger partial charge >= 0.3 is 0 Å². The van der Waals surface area contributed by atoms with Crippen LogP contribution in [0.4, 0.5) is 17.5 Å². The molecule has 1 aliphatic rings. The summed E-state index contributed by atoms with van der Waals surface area (Å²) in [5, 5.41) is 19.4. The van der Waals surface area contributed by atoms with Crippen molar-refractivity contribution in [2.45, 2.75) is 37.8 Å². The number of carbonyl (C=O) groups excluding carboxylic acids is 2. The van der Waals surface area contributed by atoms with Gasteiger partial charge in [-0.15, -0.1) is 0 Å². The summed E-state index contributed by atoms with van der Waals surface area (Å²) in [5.41, 5.74) is 1.38. The summed E-state index contributed by atoms with van der Waals surface area (Å²) in [5.74, 6) is 7.17. The first-order valence-electron chi connectivity index (χ1n) is 14.2. The molecule has 0 bridgehead atoms. The lowest BCUT2D eigenvalue weighted by atomic mass is 10.2. The molecule has 0 aromatic carbocycles. The zero-order valence-corrected chi connectivity index (χ0v) is 25.3. The molecule has 0 unspecified atom stereocenters. The van der Waals surface area contributed by atoms with Crippen molar-refractivity contribution in [1.29, 1.82) is 0 Å². The van der Waals surface area contributed by atoms with Crippen LogP contribution in [-0.2, 0) is 14.3 Å². The number of unbranched alkanes of at least 4 members (excludes halogenated alkanes) is 1. The summed E-state index contributed by atoms with van der Waals surface area (Å²) in [4.78, 5) is 41.8. The van der Waals surface area contributed by atoms with E-state index < -0.39 is 12.1 Å². The normalized spacial score (nSPS) is 16.2. The molecule has 2 aromatic rings. The number of aliphatic hydroxyl groups is 1. The van der Waals surface area contributed by atoms with Gasteiger partial charge in [-0.05, 0) is 33.0 Å². The van der Waals surface area contributed by atoms with E-state index >= 15 is 0 Å². The molecule has 1 fully saturated rings. The van der Waals surface area contributed by atoms with Gasteiger partial charge in [0.05, 0.1) is 25.0 Å². The highest BCUT2D eigenvalue weighted by molar-refractivity contribution is 5.93. The third kappa shape index (κ3) is 11.2. The Morgan fingerprint density at radius 3 is 2.84 bits per heavy atom. The fourth-order valence-corrected chi connectivity index (χ4v) is 4.25. The van der Waals surface area contributed by atoms with Crippen LogP contribution in [-0.4, -0.2) is 115 Å². The Morgan fingerprint density at radius 1 is 1.23 bits per heavy atom. The molecule has 3 heterocycles. The van der Waals surface area contributed by atoms with Crippen molar-refractivity contribution in [2.24, 2.45) is 0 Å². The van der Waals surface area contributed by atoms with E-state index in [1.807, 2.05) is 19.0 Å². The number of carbonyl (C=O) groups is 2. The van der Waals surface area contributed by atoms with Crippen molar-refractivity contribution in [2.75, 3.05) is 71.7 Å². The van der Waals surface area contributed by atoms with Crippen molar-refractivity contribution >= 4 is 29.3 Å². The number of rotatable bonds is 15. The van der Waals surface area contributed by atoms with Crippen molar-refractivity contribution in [3.05, 3.63) is 42.2 Å². The third-order valence-corrected chi connectivity index (χ3v) is 6.40. The molecule has 13 heteroatoms. The number of hydrogen-bond donors (Lipinski definition) is 4. The Hall–Kier alpha value is -4.25. The highest BCUT2D eigenvalue weighted by atomic mass is 16.5. The molecule has 0 spiro atoms. The maximum Gasteiger partial charge on any atom is 0.247 e. The van der Waals surface area contributed by atoms with E-state index in [1.165, 1.54) is 11.0 Å². The van der Waals surface area contributed by atoms with Crippen LogP contribution in [0.3, 0.4) is 0 Å². The van der Waals surface area contributed by atoms with Gasteiger partial charge < -0.3 is 40.3 Å². The summed E-state index contributed by atoms with van der Waals surface area (Å²) in [6, 6.07) is 2.84.